The van der Waals surface area contributed by atoms with Crippen LogP contribution < -0.4 is 5.32 Å². The van der Waals surface area contributed by atoms with Gasteiger partial charge in [-0.3, -0.25) is 0 Å². The van der Waals surface area contributed by atoms with E-state index in [2.05, 4.69) is 33.1 Å². The SMILES string of the molecule is CCC(Br)CCNCCCN1CCCC1. The van der Waals surface area contributed by atoms with Gasteiger partial charge >= 0.3 is 0 Å². The van der Waals surface area contributed by atoms with Crippen LogP contribution in [0.25, 0.3) is 0 Å². The number of alkyl halides is 1. The Morgan fingerprint density at radius 1 is 1.27 bits per heavy atom. The Bertz CT molecular complexity index is 147. The number of likely N-dealkylation sites (tertiary alicyclic amines) is 1. The van der Waals surface area contributed by atoms with Gasteiger partial charge in [-0.15, -0.1) is 0 Å². The van der Waals surface area contributed by atoms with Crippen LogP contribution in [0.3, 0.4) is 0 Å². The predicted octanol–water partition coefficient (Wildman–Crippen LogP) is 2.63. The van der Waals surface area contributed by atoms with E-state index in [1.807, 2.05) is 0 Å². The topological polar surface area (TPSA) is 15.3 Å². The van der Waals surface area contributed by atoms with Crippen LogP contribution in [0.4, 0.5) is 0 Å². The summed E-state index contributed by atoms with van der Waals surface area (Å²) in [6.07, 6.45) is 6.61. The zero-order valence-electron chi connectivity index (χ0n) is 9.97. The van der Waals surface area contributed by atoms with E-state index in [9.17, 15) is 0 Å². The molecule has 0 spiro atoms. The fourth-order valence-corrected chi connectivity index (χ4v) is 2.25. The normalized spacial score (nSPS) is 19.6. The highest BCUT2D eigenvalue weighted by molar-refractivity contribution is 9.09. The average Bonchev–Trinajstić information content (AvgIpc) is 2.75. The van der Waals surface area contributed by atoms with Crippen molar-refractivity contribution in [3.8, 4) is 0 Å². The van der Waals surface area contributed by atoms with E-state index in [0.29, 0.717) is 4.83 Å². The van der Waals surface area contributed by atoms with Gasteiger partial charge in [0, 0.05) is 4.83 Å². The van der Waals surface area contributed by atoms with E-state index in [0.717, 1.165) is 6.54 Å². The molecule has 90 valence electrons. The Morgan fingerprint density at radius 3 is 2.67 bits per heavy atom. The standard InChI is InChI=1S/C12H25BrN2/c1-2-12(13)6-8-14-7-5-11-15-9-3-4-10-15/h12,14H,2-11H2,1H3. The summed E-state index contributed by atoms with van der Waals surface area (Å²) < 4.78 is 0. The Labute approximate surface area is 103 Å². The van der Waals surface area contributed by atoms with Gasteiger partial charge in [0.25, 0.3) is 0 Å². The number of nitrogens with zero attached hydrogens (tertiary/aromatic N) is 1. The summed E-state index contributed by atoms with van der Waals surface area (Å²) in [5.74, 6) is 0. The number of halogens is 1. The van der Waals surface area contributed by atoms with Crippen LogP contribution in [0.15, 0.2) is 0 Å². The molecule has 3 heteroatoms. The second-order valence-electron chi connectivity index (χ2n) is 4.45. The molecule has 1 heterocycles. The first kappa shape index (κ1) is 13.5. The van der Waals surface area contributed by atoms with E-state index in [4.69, 9.17) is 0 Å². The molecule has 1 rings (SSSR count). The van der Waals surface area contributed by atoms with Crippen molar-refractivity contribution in [2.24, 2.45) is 0 Å². The third-order valence-electron chi connectivity index (χ3n) is 3.10. The summed E-state index contributed by atoms with van der Waals surface area (Å²) in [7, 11) is 0. The molecule has 0 aromatic heterocycles. The van der Waals surface area contributed by atoms with Crippen LogP contribution in [-0.2, 0) is 0 Å². The Kier molecular flexibility index (Phi) is 7.67. The molecule has 0 bridgehead atoms. The van der Waals surface area contributed by atoms with Crippen LogP contribution >= 0.6 is 15.9 Å². The largest absolute Gasteiger partial charge is 0.317 e. The van der Waals surface area contributed by atoms with Gasteiger partial charge in [-0.25, -0.2) is 0 Å². The minimum atomic E-state index is 0.698. The Balaban J connectivity index is 1.80. The predicted molar refractivity (Wildman–Crippen MR) is 70.8 cm³/mol. The van der Waals surface area contributed by atoms with Crippen molar-refractivity contribution in [2.75, 3.05) is 32.7 Å². The molecule has 1 aliphatic rings. The highest BCUT2D eigenvalue weighted by Gasteiger charge is 2.09. The van der Waals surface area contributed by atoms with E-state index >= 15 is 0 Å². The van der Waals surface area contributed by atoms with Crippen LogP contribution in [0, 0.1) is 0 Å². The van der Waals surface area contributed by atoms with Crippen molar-refractivity contribution in [3.63, 3.8) is 0 Å². The molecule has 1 unspecified atom stereocenters. The van der Waals surface area contributed by atoms with Gasteiger partial charge in [-0.05, 0) is 64.8 Å². The van der Waals surface area contributed by atoms with E-state index in [1.165, 1.54) is 58.3 Å². The van der Waals surface area contributed by atoms with Crippen molar-refractivity contribution < 1.29 is 0 Å². The van der Waals surface area contributed by atoms with Crippen LogP contribution in [0.2, 0.25) is 0 Å². The first-order chi connectivity index (χ1) is 7.33. The molecule has 2 nitrogen and oxygen atoms in total. The first-order valence-corrected chi connectivity index (χ1v) is 7.31. The molecule has 0 amide bonds. The molecule has 0 aliphatic carbocycles. The fourth-order valence-electron chi connectivity index (χ4n) is 2.02. The zero-order valence-corrected chi connectivity index (χ0v) is 11.6. The number of rotatable bonds is 8. The second-order valence-corrected chi connectivity index (χ2v) is 5.74. The zero-order chi connectivity index (χ0) is 10.9. The third-order valence-corrected chi connectivity index (χ3v) is 4.21. The molecule has 1 N–H and O–H groups in total. The molecule has 0 saturated carbocycles. The van der Waals surface area contributed by atoms with E-state index in [-0.39, 0.29) is 0 Å². The average molecular weight is 277 g/mol. The van der Waals surface area contributed by atoms with Gasteiger partial charge in [0.2, 0.25) is 0 Å². The lowest BCUT2D eigenvalue weighted by Gasteiger charge is -2.14. The summed E-state index contributed by atoms with van der Waals surface area (Å²) in [5.41, 5.74) is 0. The summed E-state index contributed by atoms with van der Waals surface area (Å²) in [6.45, 7) is 8.52. The maximum Gasteiger partial charge on any atom is 0.0155 e. The molecule has 15 heavy (non-hydrogen) atoms. The smallest absolute Gasteiger partial charge is 0.0155 e. The third kappa shape index (κ3) is 6.54. The van der Waals surface area contributed by atoms with Crippen molar-refractivity contribution in [1.29, 1.82) is 0 Å². The van der Waals surface area contributed by atoms with E-state index in [1.54, 1.807) is 0 Å². The number of hydrogen-bond donors (Lipinski definition) is 1. The molecule has 1 saturated heterocycles. The summed E-state index contributed by atoms with van der Waals surface area (Å²) in [4.78, 5) is 3.28. The summed E-state index contributed by atoms with van der Waals surface area (Å²) in [6, 6.07) is 0. The van der Waals surface area contributed by atoms with Gasteiger partial charge < -0.3 is 10.2 Å². The fraction of sp³-hybridized carbons (Fsp3) is 1.00. The van der Waals surface area contributed by atoms with Gasteiger partial charge in [-0.2, -0.15) is 0 Å². The van der Waals surface area contributed by atoms with Crippen molar-refractivity contribution in [2.45, 2.75) is 43.9 Å². The molecular weight excluding hydrogens is 252 g/mol. The number of nitrogens with one attached hydrogen (secondary N) is 1. The lowest BCUT2D eigenvalue weighted by molar-refractivity contribution is 0.331. The monoisotopic (exact) mass is 276 g/mol. The first-order valence-electron chi connectivity index (χ1n) is 6.40. The van der Waals surface area contributed by atoms with Crippen LogP contribution in [0.5, 0.6) is 0 Å². The van der Waals surface area contributed by atoms with Gasteiger partial charge in [0.1, 0.15) is 0 Å². The minimum absolute atomic E-state index is 0.698. The van der Waals surface area contributed by atoms with Gasteiger partial charge in [0.05, 0.1) is 0 Å². The van der Waals surface area contributed by atoms with Crippen LogP contribution in [-0.4, -0.2) is 42.5 Å². The van der Waals surface area contributed by atoms with Crippen molar-refractivity contribution in [3.05, 3.63) is 0 Å². The number of hydrogen-bond acceptors (Lipinski definition) is 2. The molecule has 0 aromatic carbocycles. The second kappa shape index (κ2) is 8.54. The molecule has 0 aromatic rings. The van der Waals surface area contributed by atoms with Gasteiger partial charge in [0.15, 0.2) is 0 Å². The molecule has 0 radical (unpaired) electrons. The maximum absolute atomic E-state index is 3.65. The summed E-state index contributed by atoms with van der Waals surface area (Å²) >= 11 is 3.65. The highest BCUT2D eigenvalue weighted by atomic mass is 79.9. The summed E-state index contributed by atoms with van der Waals surface area (Å²) in [5, 5.41) is 3.52. The lowest BCUT2D eigenvalue weighted by atomic mass is 10.2. The highest BCUT2D eigenvalue weighted by Crippen LogP contribution is 2.08. The molecule has 1 atom stereocenters. The Morgan fingerprint density at radius 2 is 2.00 bits per heavy atom. The van der Waals surface area contributed by atoms with E-state index < -0.39 is 0 Å². The van der Waals surface area contributed by atoms with Crippen molar-refractivity contribution >= 4 is 15.9 Å². The maximum atomic E-state index is 3.65. The lowest BCUT2D eigenvalue weighted by Crippen LogP contribution is -2.26. The minimum Gasteiger partial charge on any atom is -0.317 e. The molecule has 1 fully saturated rings. The van der Waals surface area contributed by atoms with Crippen LogP contribution in [0.1, 0.15) is 39.0 Å². The van der Waals surface area contributed by atoms with Crippen molar-refractivity contribution in [1.82, 2.24) is 10.2 Å². The quantitative estimate of drug-likeness (QED) is 0.542. The Hall–Kier alpha value is 0.400. The molecule has 1 aliphatic heterocycles. The van der Waals surface area contributed by atoms with Gasteiger partial charge in [-0.1, -0.05) is 22.9 Å². The molecular formula is C12H25BrN2.